The van der Waals surface area contributed by atoms with Crippen LogP contribution in [0.25, 0.3) is 10.8 Å². The summed E-state index contributed by atoms with van der Waals surface area (Å²) in [6.07, 6.45) is 10.6. The molecule has 0 aliphatic heterocycles. The number of amides is 3. The van der Waals surface area contributed by atoms with Gasteiger partial charge in [0.2, 0.25) is 5.91 Å². The van der Waals surface area contributed by atoms with E-state index in [4.69, 9.17) is 11.2 Å². The standard InChI is InChI=1S/C36H45N3O5/c1-6-8-9-10-11-14-23-39(34(42)31(25-40)38-35(43)44-36(3,4)5)32(28-19-17-26(7-2)18-20-28)33(41)37-30-22-21-27-15-12-13-16-29(27)24-30/h2,12-13,15-22,24,31-32,40H,6,8-11,14,23,25H2,1,3-5H3,(H,37,41)(H,38,43). The van der Waals surface area contributed by atoms with E-state index in [-0.39, 0.29) is 6.54 Å². The van der Waals surface area contributed by atoms with Gasteiger partial charge in [0, 0.05) is 17.8 Å². The van der Waals surface area contributed by atoms with Crippen LogP contribution >= 0.6 is 0 Å². The Bertz CT molecular complexity index is 1440. The van der Waals surface area contributed by atoms with Gasteiger partial charge in [-0.2, -0.15) is 0 Å². The number of aliphatic hydroxyl groups is 1. The lowest BCUT2D eigenvalue weighted by Gasteiger charge is -2.34. The molecule has 234 valence electrons. The van der Waals surface area contributed by atoms with Crippen LogP contribution in [-0.2, 0) is 14.3 Å². The zero-order valence-electron chi connectivity index (χ0n) is 26.3. The fraction of sp³-hybridized carbons (Fsp3) is 0.417. The summed E-state index contributed by atoms with van der Waals surface area (Å²) in [5.74, 6) is 1.56. The molecule has 3 amide bonds. The van der Waals surface area contributed by atoms with E-state index >= 15 is 0 Å². The number of unbranched alkanes of at least 4 members (excludes halogenated alkanes) is 5. The molecule has 0 saturated carbocycles. The Hall–Kier alpha value is -4.35. The van der Waals surface area contributed by atoms with Crippen molar-refractivity contribution in [3.63, 3.8) is 0 Å². The second kappa shape index (κ2) is 16.5. The van der Waals surface area contributed by atoms with Crippen LogP contribution < -0.4 is 10.6 Å². The van der Waals surface area contributed by atoms with E-state index in [2.05, 4.69) is 23.5 Å². The average molecular weight is 600 g/mol. The Morgan fingerprint density at radius 1 is 0.932 bits per heavy atom. The number of hydrogen-bond acceptors (Lipinski definition) is 5. The van der Waals surface area contributed by atoms with Crippen LogP contribution in [0.2, 0.25) is 0 Å². The average Bonchev–Trinajstić information content (AvgIpc) is 2.99. The van der Waals surface area contributed by atoms with Gasteiger partial charge in [-0.25, -0.2) is 4.79 Å². The predicted molar refractivity (Wildman–Crippen MR) is 175 cm³/mol. The number of fused-ring (bicyclic) bond motifs is 1. The summed E-state index contributed by atoms with van der Waals surface area (Å²) >= 11 is 0. The number of alkyl carbamates (subject to hydrolysis) is 1. The zero-order chi connectivity index (χ0) is 32.1. The molecule has 8 heteroatoms. The van der Waals surface area contributed by atoms with E-state index in [9.17, 15) is 19.5 Å². The third-order valence-electron chi connectivity index (χ3n) is 7.18. The van der Waals surface area contributed by atoms with Gasteiger partial charge < -0.3 is 25.4 Å². The lowest BCUT2D eigenvalue weighted by molar-refractivity contribution is -0.141. The number of aliphatic hydroxyl groups excluding tert-OH is 1. The molecule has 3 aromatic rings. The SMILES string of the molecule is C#Cc1ccc(C(C(=O)Nc2ccc3ccccc3c2)N(CCCCCCCC)C(=O)C(CO)NC(=O)OC(C)(C)C)cc1. The third-order valence-corrected chi connectivity index (χ3v) is 7.18. The number of carbonyl (C=O) groups excluding carboxylic acids is 3. The first-order valence-electron chi connectivity index (χ1n) is 15.3. The molecule has 2 atom stereocenters. The van der Waals surface area contributed by atoms with E-state index in [1.807, 2.05) is 42.5 Å². The first-order chi connectivity index (χ1) is 21.1. The molecule has 44 heavy (non-hydrogen) atoms. The van der Waals surface area contributed by atoms with Crippen molar-refractivity contribution >= 4 is 34.4 Å². The van der Waals surface area contributed by atoms with Crippen molar-refractivity contribution in [1.29, 1.82) is 0 Å². The van der Waals surface area contributed by atoms with Crippen molar-refractivity contribution in [2.75, 3.05) is 18.5 Å². The molecule has 0 saturated heterocycles. The number of nitrogens with one attached hydrogen (secondary N) is 2. The number of carbonyl (C=O) groups is 3. The van der Waals surface area contributed by atoms with Gasteiger partial charge in [0.25, 0.3) is 5.91 Å². The highest BCUT2D eigenvalue weighted by atomic mass is 16.6. The van der Waals surface area contributed by atoms with Crippen LogP contribution in [0.3, 0.4) is 0 Å². The van der Waals surface area contributed by atoms with Crippen molar-refractivity contribution in [2.24, 2.45) is 0 Å². The molecule has 0 aromatic heterocycles. The van der Waals surface area contributed by atoms with Gasteiger partial charge >= 0.3 is 6.09 Å². The second-order valence-corrected chi connectivity index (χ2v) is 11.9. The summed E-state index contributed by atoms with van der Waals surface area (Å²) in [5.41, 5.74) is 0.968. The number of rotatable bonds is 14. The molecule has 3 N–H and O–H groups in total. The fourth-order valence-corrected chi connectivity index (χ4v) is 4.98. The monoisotopic (exact) mass is 599 g/mol. The summed E-state index contributed by atoms with van der Waals surface area (Å²) in [4.78, 5) is 42.3. The lowest BCUT2D eigenvalue weighted by atomic mass is 10.00. The van der Waals surface area contributed by atoms with Crippen LogP contribution in [0.5, 0.6) is 0 Å². The maximum atomic E-state index is 14.1. The van der Waals surface area contributed by atoms with Gasteiger partial charge in [0.05, 0.1) is 6.61 Å². The minimum atomic E-state index is -1.31. The molecule has 3 rings (SSSR count). The van der Waals surface area contributed by atoms with Crippen LogP contribution in [0.15, 0.2) is 66.7 Å². The summed E-state index contributed by atoms with van der Waals surface area (Å²) in [6.45, 7) is 6.85. The highest BCUT2D eigenvalue weighted by Gasteiger charge is 2.36. The molecule has 0 aliphatic rings. The molecular formula is C36H45N3O5. The van der Waals surface area contributed by atoms with Gasteiger partial charge in [-0.3, -0.25) is 9.59 Å². The quantitative estimate of drug-likeness (QED) is 0.143. The van der Waals surface area contributed by atoms with Crippen molar-refractivity contribution < 1.29 is 24.2 Å². The van der Waals surface area contributed by atoms with Crippen molar-refractivity contribution in [3.8, 4) is 12.3 Å². The molecule has 0 heterocycles. The highest BCUT2D eigenvalue weighted by molar-refractivity contribution is 6.00. The van der Waals surface area contributed by atoms with E-state index in [0.29, 0.717) is 23.2 Å². The summed E-state index contributed by atoms with van der Waals surface area (Å²) in [6, 6.07) is 18.0. The maximum absolute atomic E-state index is 14.1. The zero-order valence-corrected chi connectivity index (χ0v) is 26.3. The molecule has 2 unspecified atom stereocenters. The Kier molecular flexibility index (Phi) is 12.8. The molecule has 0 radical (unpaired) electrons. The van der Waals surface area contributed by atoms with E-state index in [0.717, 1.165) is 42.9 Å². The minimum Gasteiger partial charge on any atom is -0.444 e. The van der Waals surface area contributed by atoms with Gasteiger partial charge in [-0.1, -0.05) is 87.4 Å². The van der Waals surface area contributed by atoms with Crippen molar-refractivity contribution in [3.05, 3.63) is 77.9 Å². The van der Waals surface area contributed by atoms with Crippen LogP contribution in [-0.4, -0.2) is 52.7 Å². The Balaban J connectivity index is 1.98. The molecule has 0 aliphatic carbocycles. The van der Waals surface area contributed by atoms with Crippen molar-refractivity contribution in [2.45, 2.75) is 83.9 Å². The number of hydrogen-bond donors (Lipinski definition) is 3. The Morgan fingerprint density at radius 2 is 1.59 bits per heavy atom. The summed E-state index contributed by atoms with van der Waals surface area (Å²) in [7, 11) is 0. The number of ether oxygens (including phenoxy) is 1. The molecule has 8 nitrogen and oxygen atoms in total. The third kappa shape index (κ3) is 10.1. The molecule has 0 fully saturated rings. The first kappa shape index (κ1) is 34.1. The Labute approximate surface area is 261 Å². The number of nitrogens with zero attached hydrogens (tertiary/aromatic N) is 1. The highest BCUT2D eigenvalue weighted by Crippen LogP contribution is 2.27. The van der Waals surface area contributed by atoms with Crippen molar-refractivity contribution in [1.82, 2.24) is 10.2 Å². The molecule has 0 bridgehead atoms. The fourth-order valence-electron chi connectivity index (χ4n) is 4.98. The van der Waals surface area contributed by atoms with E-state index < -0.39 is 42.2 Å². The van der Waals surface area contributed by atoms with E-state index in [1.165, 1.54) is 4.90 Å². The normalized spacial score (nSPS) is 12.5. The molecular weight excluding hydrogens is 554 g/mol. The first-order valence-corrected chi connectivity index (χ1v) is 15.3. The largest absolute Gasteiger partial charge is 0.444 e. The summed E-state index contributed by atoms with van der Waals surface area (Å²) in [5, 5.41) is 17.7. The maximum Gasteiger partial charge on any atom is 0.408 e. The second-order valence-electron chi connectivity index (χ2n) is 11.9. The van der Waals surface area contributed by atoms with E-state index in [1.54, 1.807) is 45.0 Å². The van der Waals surface area contributed by atoms with Gasteiger partial charge in [0.15, 0.2) is 0 Å². The van der Waals surface area contributed by atoms with Gasteiger partial charge in [-0.15, -0.1) is 6.42 Å². The Morgan fingerprint density at radius 3 is 2.23 bits per heavy atom. The van der Waals surface area contributed by atoms with Crippen LogP contribution in [0.1, 0.15) is 83.4 Å². The number of benzene rings is 3. The number of terminal acetylenes is 1. The van der Waals surface area contributed by atoms with Gasteiger partial charge in [-0.05, 0) is 67.8 Å². The molecule has 3 aromatic carbocycles. The number of anilines is 1. The minimum absolute atomic E-state index is 0.240. The van der Waals surface area contributed by atoms with Crippen LogP contribution in [0, 0.1) is 12.3 Å². The summed E-state index contributed by atoms with van der Waals surface area (Å²) < 4.78 is 5.34. The van der Waals surface area contributed by atoms with Crippen LogP contribution in [0.4, 0.5) is 10.5 Å². The predicted octanol–water partition coefficient (Wildman–Crippen LogP) is 6.58. The lowest BCUT2D eigenvalue weighted by Crippen LogP contribution is -2.54. The molecule has 0 spiro atoms. The topological polar surface area (TPSA) is 108 Å². The van der Waals surface area contributed by atoms with Gasteiger partial charge in [0.1, 0.15) is 17.7 Å². The smallest absolute Gasteiger partial charge is 0.408 e.